The van der Waals surface area contributed by atoms with E-state index in [9.17, 15) is 0 Å². The first-order valence-electron chi connectivity index (χ1n) is 3.86. The first-order chi connectivity index (χ1) is 5.45. The summed E-state index contributed by atoms with van der Waals surface area (Å²) >= 11 is 0. The van der Waals surface area contributed by atoms with E-state index < -0.39 is 7.82 Å². The molecule has 0 aromatic heterocycles. The van der Waals surface area contributed by atoms with Gasteiger partial charge in [0, 0.05) is 0 Å². The van der Waals surface area contributed by atoms with E-state index >= 15 is 0 Å². The smallest absolute Gasteiger partial charge is 0.0289 e. The Morgan fingerprint density at radius 1 is 1.42 bits per heavy atom. The van der Waals surface area contributed by atoms with Gasteiger partial charge in [-0.25, -0.2) is 0 Å². The van der Waals surface area contributed by atoms with Gasteiger partial charge in [-0.15, -0.1) is 0 Å². The molecule has 70 valence electrons. The molecule has 12 heavy (non-hydrogen) atoms. The fraction of sp³-hybridized carbons (Fsp3) is 0.714. The van der Waals surface area contributed by atoms with E-state index in [1.54, 1.807) is 5.57 Å². The molecule has 1 fully saturated rings. The molecule has 0 heterocycles. The molecule has 0 aliphatic heterocycles. The van der Waals surface area contributed by atoms with Crippen molar-refractivity contribution < 1.29 is 19.2 Å². The van der Waals surface area contributed by atoms with Gasteiger partial charge in [-0.05, 0) is 31.6 Å². The van der Waals surface area contributed by atoms with Crippen LogP contribution in [0.1, 0.15) is 25.7 Å². The van der Waals surface area contributed by atoms with E-state index in [1.807, 2.05) is 0 Å². The predicted molar refractivity (Wildman–Crippen MR) is 37.6 cm³/mol. The molecule has 2 bridgehead atoms. The Labute approximate surface area is 71.2 Å². The quantitative estimate of drug-likeness (QED) is 0.372. The zero-order valence-corrected chi connectivity index (χ0v) is 7.46. The van der Waals surface area contributed by atoms with Crippen LogP contribution in [0, 0.1) is 5.92 Å². The molecule has 0 aromatic rings. The lowest BCUT2D eigenvalue weighted by molar-refractivity contribution is -0.432. The Morgan fingerprint density at radius 2 is 2.00 bits per heavy atom. The summed E-state index contributed by atoms with van der Waals surface area (Å²) in [4.78, 5) is 25.6. The third-order valence-electron chi connectivity index (χ3n) is 2.16. The molecule has 1 unspecified atom stereocenters. The molecule has 0 amide bonds. The third-order valence-corrected chi connectivity index (χ3v) is 2.16. The Kier molecular flexibility index (Phi) is 3.07. The van der Waals surface area contributed by atoms with E-state index in [4.69, 9.17) is 19.2 Å². The molecule has 0 N–H and O–H groups in total. The van der Waals surface area contributed by atoms with Gasteiger partial charge < -0.3 is 19.2 Å². The molecule has 2 rings (SSSR count). The Morgan fingerprint density at radius 3 is 2.08 bits per heavy atom. The van der Waals surface area contributed by atoms with Crippen LogP contribution in [0.4, 0.5) is 0 Å². The summed E-state index contributed by atoms with van der Waals surface area (Å²) in [6.45, 7) is 0. The average Bonchev–Trinajstić information content (AvgIpc) is 2.42. The van der Waals surface area contributed by atoms with Gasteiger partial charge in [-0.2, -0.15) is 7.82 Å². The minimum Gasteiger partial charge on any atom is -0.822 e. The van der Waals surface area contributed by atoms with Crippen LogP contribution in [-0.2, 0) is 4.57 Å². The number of hydrogen-bond acceptors (Lipinski definition) is 4. The van der Waals surface area contributed by atoms with Gasteiger partial charge in [0.1, 0.15) is 0 Å². The highest BCUT2D eigenvalue weighted by Crippen LogP contribution is 2.38. The van der Waals surface area contributed by atoms with Crippen LogP contribution >= 0.6 is 7.82 Å². The lowest BCUT2D eigenvalue weighted by Gasteiger charge is -2.36. The topological polar surface area (TPSA) is 86.2 Å². The molecule has 5 heteroatoms. The lowest BCUT2D eigenvalue weighted by Crippen LogP contribution is -2.24. The van der Waals surface area contributed by atoms with Crippen molar-refractivity contribution in [1.29, 1.82) is 0 Å². The highest BCUT2D eigenvalue weighted by atomic mass is 31.2. The summed E-state index contributed by atoms with van der Waals surface area (Å²) < 4.78 is 8.55. The fourth-order valence-electron chi connectivity index (χ4n) is 1.68. The van der Waals surface area contributed by atoms with Crippen molar-refractivity contribution >= 4 is 7.82 Å². The van der Waals surface area contributed by atoms with Crippen LogP contribution in [0.25, 0.3) is 0 Å². The molecule has 1 atom stereocenters. The molecular weight excluding hydrogens is 179 g/mol. The number of allylic oxidation sites excluding steroid dienone is 2. The van der Waals surface area contributed by atoms with Gasteiger partial charge in [-0.3, -0.25) is 0 Å². The van der Waals surface area contributed by atoms with Crippen molar-refractivity contribution in [3.8, 4) is 0 Å². The standard InChI is InChI=1S/C7H10.H3O4P/c1-2-7-4-3-6(1)5-7;1-5(2,3)4/h1,7H,2-5H2;(H3,1,2,3,4)/p-3. The Hall–Kier alpha value is -0.150. The van der Waals surface area contributed by atoms with Crippen molar-refractivity contribution in [2.75, 3.05) is 0 Å². The summed E-state index contributed by atoms with van der Waals surface area (Å²) in [5.74, 6) is 1.08. The Bertz CT molecular complexity index is 221. The van der Waals surface area contributed by atoms with E-state index in [2.05, 4.69) is 6.08 Å². The molecule has 4 nitrogen and oxygen atoms in total. The van der Waals surface area contributed by atoms with Gasteiger partial charge in [0.05, 0.1) is 0 Å². The van der Waals surface area contributed by atoms with Gasteiger partial charge in [0.15, 0.2) is 0 Å². The van der Waals surface area contributed by atoms with Crippen molar-refractivity contribution in [3.63, 3.8) is 0 Å². The molecule has 2 aliphatic rings. The molecule has 0 radical (unpaired) electrons. The second-order valence-corrected chi connectivity index (χ2v) is 4.05. The highest BCUT2D eigenvalue weighted by molar-refractivity contribution is 7.40. The van der Waals surface area contributed by atoms with Gasteiger partial charge in [0.2, 0.25) is 0 Å². The van der Waals surface area contributed by atoms with Crippen LogP contribution in [0.2, 0.25) is 0 Å². The first-order valence-corrected chi connectivity index (χ1v) is 5.32. The maximum Gasteiger partial charge on any atom is -0.0289 e. The second kappa shape index (κ2) is 3.71. The molecular formula is C7H10O4P-3. The zero-order chi connectivity index (χ0) is 9.19. The fourth-order valence-corrected chi connectivity index (χ4v) is 1.68. The molecule has 0 saturated heterocycles. The normalized spacial score (nSPS) is 26.2. The first kappa shape index (κ1) is 9.93. The van der Waals surface area contributed by atoms with Crippen LogP contribution in [0.15, 0.2) is 11.6 Å². The van der Waals surface area contributed by atoms with E-state index in [1.165, 1.54) is 25.7 Å². The van der Waals surface area contributed by atoms with Crippen LogP contribution in [-0.4, -0.2) is 0 Å². The third kappa shape index (κ3) is 4.02. The number of rotatable bonds is 0. The molecule has 0 spiro atoms. The monoisotopic (exact) mass is 189 g/mol. The van der Waals surface area contributed by atoms with Crippen molar-refractivity contribution in [1.82, 2.24) is 0 Å². The van der Waals surface area contributed by atoms with E-state index in [-0.39, 0.29) is 0 Å². The minimum atomic E-state index is -5.39. The van der Waals surface area contributed by atoms with Crippen LogP contribution in [0.3, 0.4) is 0 Å². The predicted octanol–water partition coefficient (Wildman–Crippen LogP) is -0.708. The molecule has 2 aliphatic carbocycles. The maximum atomic E-state index is 8.55. The van der Waals surface area contributed by atoms with E-state index in [0.717, 1.165) is 5.92 Å². The largest absolute Gasteiger partial charge is 0.822 e. The Balaban J connectivity index is 0.000000130. The maximum absolute atomic E-state index is 8.55. The van der Waals surface area contributed by atoms with Crippen LogP contribution < -0.4 is 14.7 Å². The lowest BCUT2D eigenvalue weighted by atomic mass is 10.1. The van der Waals surface area contributed by atoms with Gasteiger partial charge in [-0.1, -0.05) is 11.6 Å². The van der Waals surface area contributed by atoms with Gasteiger partial charge >= 0.3 is 0 Å². The van der Waals surface area contributed by atoms with Crippen molar-refractivity contribution in [2.24, 2.45) is 5.92 Å². The zero-order valence-electron chi connectivity index (χ0n) is 6.56. The summed E-state index contributed by atoms with van der Waals surface area (Å²) in [5, 5.41) is 0. The minimum absolute atomic E-state index is 1.08. The molecule has 0 aromatic carbocycles. The van der Waals surface area contributed by atoms with Crippen LogP contribution in [0.5, 0.6) is 0 Å². The highest BCUT2D eigenvalue weighted by Gasteiger charge is 2.22. The number of phosphoric acid groups is 1. The number of hydrogen-bond donors (Lipinski definition) is 0. The number of fused-ring (bicyclic) bond motifs is 2. The summed E-state index contributed by atoms with van der Waals surface area (Å²) in [6.07, 6.45) is 8.18. The van der Waals surface area contributed by atoms with Crippen molar-refractivity contribution in [3.05, 3.63) is 11.6 Å². The van der Waals surface area contributed by atoms with Crippen molar-refractivity contribution in [2.45, 2.75) is 25.7 Å². The average molecular weight is 189 g/mol. The summed E-state index contributed by atoms with van der Waals surface area (Å²) in [6, 6.07) is 0. The van der Waals surface area contributed by atoms with Gasteiger partial charge in [0.25, 0.3) is 0 Å². The summed E-state index contributed by atoms with van der Waals surface area (Å²) in [5.41, 5.74) is 1.74. The second-order valence-electron chi connectivity index (χ2n) is 3.15. The molecule has 1 saturated carbocycles. The SMILES string of the molecule is C1=C2CCC(C1)C2.O=P([O-])([O-])[O-]. The summed E-state index contributed by atoms with van der Waals surface area (Å²) in [7, 11) is -5.39. The van der Waals surface area contributed by atoms with E-state index in [0.29, 0.717) is 0 Å².